The minimum Gasteiger partial charge on any atom is -0.497 e. The molecule has 88 valence electrons. The van der Waals surface area contributed by atoms with Crippen molar-refractivity contribution in [1.82, 2.24) is 0 Å². The maximum atomic E-state index is 5.33. The van der Waals surface area contributed by atoms with Crippen LogP contribution in [0.15, 0.2) is 24.3 Å². The first-order chi connectivity index (χ1) is 7.57. The zero-order chi connectivity index (χ0) is 12.0. The lowest BCUT2D eigenvalue weighted by molar-refractivity contribution is -0.282. The smallest absolute Gasteiger partial charge is 0.322 e. The molecule has 0 spiro atoms. The Morgan fingerprint density at radius 1 is 1.31 bits per heavy atom. The van der Waals surface area contributed by atoms with Crippen molar-refractivity contribution < 1.29 is 14.2 Å². The van der Waals surface area contributed by atoms with Crippen LogP contribution < -0.4 is 9.92 Å². The fourth-order valence-corrected chi connectivity index (χ4v) is 1.66. The molecule has 0 bridgehead atoms. The van der Waals surface area contributed by atoms with Gasteiger partial charge >= 0.3 is 9.76 Å². The molecule has 0 aliphatic rings. The number of benzene rings is 1. The van der Waals surface area contributed by atoms with Crippen LogP contribution in [0, 0.1) is 0 Å². The zero-order valence-corrected chi connectivity index (χ0v) is 11.2. The van der Waals surface area contributed by atoms with Gasteiger partial charge in [0.25, 0.3) is 0 Å². The van der Waals surface area contributed by atoms with Gasteiger partial charge < -0.3 is 4.74 Å². The lowest BCUT2D eigenvalue weighted by Gasteiger charge is -2.21. The fourth-order valence-electron chi connectivity index (χ4n) is 0.927. The Hall–Kier alpha value is -0.843. The number of rotatable bonds is 6. The van der Waals surface area contributed by atoms with Crippen LogP contribution in [0.1, 0.15) is 27.2 Å². The molecule has 0 aromatic heterocycles. The zero-order valence-electron chi connectivity index (χ0n) is 10.2. The molecule has 4 heteroatoms. The number of ether oxygens (including phenoxy) is 1. The second kappa shape index (κ2) is 6.03. The molecule has 0 atom stereocenters. The molecule has 1 rings (SSSR count). The Kier molecular flexibility index (Phi) is 4.98. The third-order valence-electron chi connectivity index (χ3n) is 2.35. The summed E-state index contributed by atoms with van der Waals surface area (Å²) in [6.45, 7) is 6.07. The SMILES string of the molecule is CCC(C)(C)OO[Si]c1cccc(OC)c1. The van der Waals surface area contributed by atoms with Crippen molar-refractivity contribution in [2.45, 2.75) is 32.8 Å². The van der Waals surface area contributed by atoms with E-state index in [0.29, 0.717) is 0 Å². The third-order valence-corrected chi connectivity index (χ3v) is 3.06. The van der Waals surface area contributed by atoms with E-state index in [1.807, 2.05) is 38.1 Å². The first-order valence-electron chi connectivity index (χ1n) is 5.32. The molecule has 1 aromatic rings. The maximum Gasteiger partial charge on any atom is 0.322 e. The minimum absolute atomic E-state index is 0.178. The van der Waals surface area contributed by atoms with Gasteiger partial charge in [-0.1, -0.05) is 19.1 Å². The lowest BCUT2D eigenvalue weighted by Crippen LogP contribution is -2.27. The monoisotopic (exact) mass is 238 g/mol. The molecule has 3 nitrogen and oxygen atoms in total. The highest BCUT2D eigenvalue weighted by molar-refractivity contribution is 6.46. The molecule has 0 unspecified atom stereocenters. The van der Waals surface area contributed by atoms with Crippen LogP contribution >= 0.6 is 0 Å². The van der Waals surface area contributed by atoms with Crippen molar-refractivity contribution in [3.63, 3.8) is 0 Å². The van der Waals surface area contributed by atoms with Gasteiger partial charge in [-0.25, -0.2) is 4.89 Å². The first kappa shape index (κ1) is 13.2. The Labute approximate surface area is 99.6 Å². The molecular weight excluding hydrogens is 220 g/mol. The number of methoxy groups -OCH3 is 1. The standard InChI is InChI=1S/C12H18O3Si/c1-5-12(2,3)14-15-16-11-8-6-7-10(9-11)13-4/h6-9H,5H2,1-4H3. The van der Waals surface area contributed by atoms with E-state index in [1.54, 1.807) is 7.11 Å². The van der Waals surface area contributed by atoms with Crippen LogP contribution in [-0.4, -0.2) is 22.5 Å². The van der Waals surface area contributed by atoms with Crippen LogP contribution in [0.25, 0.3) is 0 Å². The summed E-state index contributed by atoms with van der Waals surface area (Å²) in [7, 11) is 1.83. The van der Waals surface area contributed by atoms with Crippen LogP contribution in [-0.2, 0) is 9.46 Å². The summed E-state index contributed by atoms with van der Waals surface area (Å²) in [6.07, 6.45) is 0.912. The van der Waals surface area contributed by atoms with Gasteiger partial charge in [0, 0.05) is 0 Å². The molecule has 0 fully saturated rings. The van der Waals surface area contributed by atoms with E-state index in [9.17, 15) is 0 Å². The van der Waals surface area contributed by atoms with Gasteiger partial charge in [-0.2, -0.15) is 0 Å². The summed E-state index contributed by atoms with van der Waals surface area (Å²) in [6, 6.07) is 7.78. The Morgan fingerprint density at radius 2 is 2.06 bits per heavy atom. The molecule has 2 radical (unpaired) electrons. The van der Waals surface area contributed by atoms with Crippen LogP contribution in [0.3, 0.4) is 0 Å². The van der Waals surface area contributed by atoms with Crippen LogP contribution in [0.4, 0.5) is 0 Å². The number of hydrogen-bond donors (Lipinski definition) is 0. The minimum atomic E-state index is -0.230. The van der Waals surface area contributed by atoms with Crippen molar-refractivity contribution >= 4 is 14.9 Å². The molecule has 0 N–H and O–H groups in total. The van der Waals surface area contributed by atoms with E-state index in [0.717, 1.165) is 17.4 Å². The largest absolute Gasteiger partial charge is 0.497 e. The summed E-state index contributed by atoms with van der Waals surface area (Å²) >= 11 is 0. The van der Waals surface area contributed by atoms with Crippen molar-refractivity contribution in [1.29, 1.82) is 0 Å². The van der Waals surface area contributed by atoms with Gasteiger partial charge in [0.05, 0.1) is 12.7 Å². The maximum absolute atomic E-state index is 5.33. The number of hydrogen-bond acceptors (Lipinski definition) is 3. The van der Waals surface area contributed by atoms with Crippen molar-refractivity contribution in [3.05, 3.63) is 24.3 Å². The van der Waals surface area contributed by atoms with Gasteiger partial charge in [-0.15, -0.1) is 0 Å². The van der Waals surface area contributed by atoms with Gasteiger partial charge in [0.1, 0.15) is 5.75 Å². The predicted octanol–water partition coefficient (Wildman–Crippen LogP) is 2.08. The molecule has 0 saturated heterocycles. The normalized spacial score (nSPS) is 11.5. The van der Waals surface area contributed by atoms with Crippen LogP contribution in [0.5, 0.6) is 5.75 Å². The lowest BCUT2D eigenvalue weighted by atomic mass is 10.1. The Bertz CT molecular complexity index is 326. The van der Waals surface area contributed by atoms with E-state index in [1.165, 1.54) is 0 Å². The predicted molar refractivity (Wildman–Crippen MR) is 64.9 cm³/mol. The van der Waals surface area contributed by atoms with Gasteiger partial charge in [0.2, 0.25) is 0 Å². The summed E-state index contributed by atoms with van der Waals surface area (Å²) in [5.41, 5.74) is -0.230. The highest BCUT2D eigenvalue weighted by atomic mass is 28.2. The van der Waals surface area contributed by atoms with E-state index < -0.39 is 0 Å². The molecule has 16 heavy (non-hydrogen) atoms. The van der Waals surface area contributed by atoms with Crippen molar-refractivity contribution in [3.8, 4) is 5.75 Å². The second-order valence-corrected chi connectivity index (χ2v) is 5.06. The van der Waals surface area contributed by atoms with E-state index in [4.69, 9.17) is 14.2 Å². The Balaban J connectivity index is 2.42. The van der Waals surface area contributed by atoms with Gasteiger partial charge in [-0.05, 0) is 37.6 Å². The first-order valence-corrected chi connectivity index (χ1v) is 6.23. The van der Waals surface area contributed by atoms with E-state index in [-0.39, 0.29) is 15.4 Å². The van der Waals surface area contributed by atoms with Gasteiger partial charge in [-0.3, -0.25) is 4.58 Å². The molecule has 0 amide bonds. The molecule has 0 aliphatic carbocycles. The second-order valence-electron chi connectivity index (χ2n) is 4.11. The quantitative estimate of drug-likeness (QED) is 0.431. The highest BCUT2D eigenvalue weighted by Crippen LogP contribution is 2.13. The average molecular weight is 238 g/mol. The topological polar surface area (TPSA) is 27.7 Å². The third kappa shape index (κ3) is 4.34. The summed E-state index contributed by atoms with van der Waals surface area (Å²) in [4.78, 5) is 5.33. The molecular formula is C12H18O3Si. The molecule has 1 aromatic carbocycles. The van der Waals surface area contributed by atoms with Gasteiger partial charge in [0.15, 0.2) is 0 Å². The average Bonchev–Trinajstić information content (AvgIpc) is 2.29. The van der Waals surface area contributed by atoms with E-state index in [2.05, 4.69) is 6.92 Å². The summed E-state index contributed by atoms with van der Waals surface area (Å²) in [5, 5.41) is 1.06. The summed E-state index contributed by atoms with van der Waals surface area (Å²) in [5.74, 6) is 0.836. The molecule has 0 aliphatic heterocycles. The van der Waals surface area contributed by atoms with Crippen molar-refractivity contribution in [2.75, 3.05) is 7.11 Å². The molecule has 0 heterocycles. The Morgan fingerprint density at radius 3 is 2.69 bits per heavy atom. The highest BCUT2D eigenvalue weighted by Gasteiger charge is 2.16. The van der Waals surface area contributed by atoms with Crippen LogP contribution in [0.2, 0.25) is 0 Å². The fraction of sp³-hybridized carbons (Fsp3) is 0.500. The van der Waals surface area contributed by atoms with Crippen molar-refractivity contribution in [2.24, 2.45) is 0 Å². The van der Waals surface area contributed by atoms with E-state index >= 15 is 0 Å². The molecule has 0 saturated carbocycles. The summed E-state index contributed by atoms with van der Waals surface area (Å²) < 4.78 is 10.4.